The van der Waals surface area contributed by atoms with E-state index in [4.69, 9.17) is 0 Å². The number of benzene rings is 1. The van der Waals surface area contributed by atoms with Gasteiger partial charge in [0.05, 0.1) is 12.0 Å². The number of aryl methyl sites for hydroxylation is 3. The molecule has 0 spiro atoms. The molecule has 0 saturated heterocycles. The first-order chi connectivity index (χ1) is 8.48. The number of rotatable bonds is 4. The van der Waals surface area contributed by atoms with E-state index < -0.39 is 5.41 Å². The molecule has 3 nitrogen and oxygen atoms in total. The first kappa shape index (κ1) is 13.1. The lowest BCUT2D eigenvalue weighted by molar-refractivity contribution is -0.127. The van der Waals surface area contributed by atoms with Crippen molar-refractivity contribution in [2.45, 2.75) is 40.2 Å². The molecule has 98 valence electrons. The molecule has 1 aliphatic rings. The lowest BCUT2D eigenvalue weighted by atomic mass is 10.0. The van der Waals surface area contributed by atoms with Crippen molar-refractivity contribution < 1.29 is 9.90 Å². The van der Waals surface area contributed by atoms with Crippen LogP contribution in [0.15, 0.2) is 12.1 Å². The van der Waals surface area contributed by atoms with Crippen LogP contribution in [-0.4, -0.2) is 17.6 Å². The SMILES string of the molecule is Cc1cc(C)c(CNC(=O)C2(CO)CC2)cc1C. The number of nitrogens with one attached hydrogen (secondary N) is 1. The Morgan fingerprint density at radius 3 is 2.39 bits per heavy atom. The number of hydrogen-bond donors (Lipinski definition) is 2. The van der Waals surface area contributed by atoms with Gasteiger partial charge < -0.3 is 10.4 Å². The molecule has 1 aliphatic carbocycles. The summed E-state index contributed by atoms with van der Waals surface area (Å²) >= 11 is 0. The van der Waals surface area contributed by atoms with E-state index in [0.29, 0.717) is 6.54 Å². The largest absolute Gasteiger partial charge is 0.395 e. The van der Waals surface area contributed by atoms with Crippen molar-refractivity contribution in [2.24, 2.45) is 5.41 Å². The second-order valence-electron chi connectivity index (χ2n) is 5.48. The van der Waals surface area contributed by atoms with Gasteiger partial charge in [-0.25, -0.2) is 0 Å². The van der Waals surface area contributed by atoms with Crippen LogP contribution in [0.2, 0.25) is 0 Å². The molecule has 18 heavy (non-hydrogen) atoms. The van der Waals surface area contributed by atoms with Gasteiger partial charge in [-0.1, -0.05) is 12.1 Å². The van der Waals surface area contributed by atoms with Crippen LogP contribution in [0.1, 0.15) is 35.1 Å². The van der Waals surface area contributed by atoms with E-state index in [0.717, 1.165) is 18.4 Å². The average Bonchev–Trinajstić information content (AvgIpc) is 3.12. The Morgan fingerprint density at radius 1 is 1.22 bits per heavy atom. The molecule has 0 radical (unpaired) electrons. The molecule has 0 atom stereocenters. The predicted molar refractivity (Wildman–Crippen MR) is 71.3 cm³/mol. The minimum atomic E-state index is -0.479. The Balaban J connectivity index is 2.02. The second-order valence-corrected chi connectivity index (χ2v) is 5.48. The Labute approximate surface area is 108 Å². The summed E-state index contributed by atoms with van der Waals surface area (Å²) in [5.41, 5.74) is 4.39. The van der Waals surface area contributed by atoms with Crippen LogP contribution < -0.4 is 5.32 Å². The van der Waals surface area contributed by atoms with Crippen LogP contribution in [0.3, 0.4) is 0 Å². The van der Waals surface area contributed by atoms with E-state index in [-0.39, 0.29) is 12.5 Å². The summed E-state index contributed by atoms with van der Waals surface area (Å²) in [5, 5.41) is 12.1. The zero-order valence-electron chi connectivity index (χ0n) is 11.3. The number of aliphatic hydroxyl groups is 1. The van der Waals surface area contributed by atoms with Gasteiger partial charge in [0.15, 0.2) is 0 Å². The van der Waals surface area contributed by atoms with Crippen molar-refractivity contribution in [3.05, 3.63) is 34.4 Å². The monoisotopic (exact) mass is 247 g/mol. The normalized spacial score (nSPS) is 16.4. The van der Waals surface area contributed by atoms with Gasteiger partial charge in [0.25, 0.3) is 0 Å². The van der Waals surface area contributed by atoms with Crippen molar-refractivity contribution in [1.29, 1.82) is 0 Å². The minimum Gasteiger partial charge on any atom is -0.395 e. The first-order valence-corrected chi connectivity index (χ1v) is 6.44. The maximum Gasteiger partial charge on any atom is 0.228 e. The summed E-state index contributed by atoms with van der Waals surface area (Å²) < 4.78 is 0. The molecule has 1 aromatic rings. The number of aliphatic hydroxyl groups excluding tert-OH is 1. The van der Waals surface area contributed by atoms with Gasteiger partial charge in [0, 0.05) is 6.54 Å². The van der Waals surface area contributed by atoms with Crippen LogP contribution in [0.5, 0.6) is 0 Å². The standard InChI is InChI=1S/C15H21NO2/c1-10-6-12(3)13(7-11(10)2)8-16-14(18)15(9-17)4-5-15/h6-7,17H,4-5,8-9H2,1-3H3,(H,16,18). The van der Waals surface area contributed by atoms with Crippen molar-refractivity contribution in [1.82, 2.24) is 5.32 Å². The van der Waals surface area contributed by atoms with Gasteiger partial charge in [-0.2, -0.15) is 0 Å². The lowest BCUT2D eigenvalue weighted by Crippen LogP contribution is -2.33. The predicted octanol–water partition coefficient (Wildman–Crippen LogP) is 2.00. The number of carbonyl (C=O) groups excluding carboxylic acids is 1. The molecule has 2 rings (SSSR count). The number of hydrogen-bond acceptors (Lipinski definition) is 2. The molecule has 0 aromatic heterocycles. The van der Waals surface area contributed by atoms with Crippen LogP contribution in [0.4, 0.5) is 0 Å². The highest BCUT2D eigenvalue weighted by atomic mass is 16.3. The van der Waals surface area contributed by atoms with Crippen molar-refractivity contribution in [2.75, 3.05) is 6.61 Å². The van der Waals surface area contributed by atoms with Crippen LogP contribution in [0, 0.1) is 26.2 Å². The van der Waals surface area contributed by atoms with Crippen LogP contribution in [-0.2, 0) is 11.3 Å². The second kappa shape index (κ2) is 4.73. The van der Waals surface area contributed by atoms with E-state index in [2.05, 4.69) is 38.2 Å². The molecule has 1 fully saturated rings. The smallest absolute Gasteiger partial charge is 0.228 e. The molecule has 1 aromatic carbocycles. The third-order valence-corrected chi connectivity index (χ3v) is 4.03. The topological polar surface area (TPSA) is 49.3 Å². The van der Waals surface area contributed by atoms with Gasteiger partial charge in [0.1, 0.15) is 0 Å². The highest BCUT2D eigenvalue weighted by Crippen LogP contribution is 2.45. The summed E-state index contributed by atoms with van der Waals surface area (Å²) in [4.78, 5) is 11.9. The van der Waals surface area contributed by atoms with Gasteiger partial charge in [-0.3, -0.25) is 4.79 Å². The highest BCUT2D eigenvalue weighted by molar-refractivity contribution is 5.85. The van der Waals surface area contributed by atoms with E-state index in [9.17, 15) is 9.90 Å². The van der Waals surface area contributed by atoms with Crippen molar-refractivity contribution in [3.63, 3.8) is 0 Å². The van der Waals surface area contributed by atoms with E-state index >= 15 is 0 Å². The summed E-state index contributed by atoms with van der Waals surface area (Å²) in [6, 6.07) is 4.28. The quantitative estimate of drug-likeness (QED) is 0.855. The third-order valence-electron chi connectivity index (χ3n) is 4.03. The summed E-state index contributed by atoms with van der Waals surface area (Å²) in [6.07, 6.45) is 1.61. The molecule has 1 amide bonds. The Bertz CT molecular complexity index is 476. The van der Waals surface area contributed by atoms with Crippen LogP contribution >= 0.6 is 0 Å². The highest BCUT2D eigenvalue weighted by Gasteiger charge is 2.49. The fourth-order valence-electron chi connectivity index (χ4n) is 2.18. The van der Waals surface area contributed by atoms with Crippen LogP contribution in [0.25, 0.3) is 0 Å². The van der Waals surface area contributed by atoms with E-state index in [1.165, 1.54) is 16.7 Å². The third kappa shape index (κ3) is 2.41. The zero-order valence-corrected chi connectivity index (χ0v) is 11.3. The van der Waals surface area contributed by atoms with E-state index in [1.807, 2.05) is 0 Å². The summed E-state index contributed by atoms with van der Waals surface area (Å²) in [5.74, 6) is -0.0115. The molecule has 3 heteroatoms. The Hall–Kier alpha value is -1.35. The summed E-state index contributed by atoms with van der Waals surface area (Å²) in [6.45, 7) is 6.75. The Kier molecular flexibility index (Phi) is 3.44. The fourth-order valence-corrected chi connectivity index (χ4v) is 2.18. The average molecular weight is 247 g/mol. The van der Waals surface area contributed by atoms with E-state index in [1.54, 1.807) is 0 Å². The van der Waals surface area contributed by atoms with Gasteiger partial charge in [-0.05, 0) is 55.9 Å². The maximum absolute atomic E-state index is 11.9. The van der Waals surface area contributed by atoms with Gasteiger partial charge >= 0.3 is 0 Å². The molecule has 1 saturated carbocycles. The van der Waals surface area contributed by atoms with Crippen molar-refractivity contribution in [3.8, 4) is 0 Å². The molecule has 0 aliphatic heterocycles. The molecule has 0 unspecified atom stereocenters. The van der Waals surface area contributed by atoms with Gasteiger partial charge in [0.2, 0.25) is 5.91 Å². The molecule has 0 bridgehead atoms. The fraction of sp³-hybridized carbons (Fsp3) is 0.533. The molecular weight excluding hydrogens is 226 g/mol. The number of amides is 1. The summed E-state index contributed by atoms with van der Waals surface area (Å²) in [7, 11) is 0. The zero-order chi connectivity index (χ0) is 13.3. The molecular formula is C15H21NO2. The van der Waals surface area contributed by atoms with Gasteiger partial charge in [-0.15, -0.1) is 0 Å². The molecule has 0 heterocycles. The number of carbonyl (C=O) groups is 1. The van der Waals surface area contributed by atoms with Crippen molar-refractivity contribution >= 4 is 5.91 Å². The molecule has 2 N–H and O–H groups in total. The lowest BCUT2D eigenvalue weighted by Gasteiger charge is -2.14. The Morgan fingerprint density at radius 2 is 1.83 bits per heavy atom. The minimum absolute atomic E-state index is 0.0115. The maximum atomic E-state index is 11.9. The first-order valence-electron chi connectivity index (χ1n) is 6.44.